The molecule has 0 fully saturated rings. The van der Waals surface area contributed by atoms with Crippen molar-refractivity contribution >= 4 is 51.7 Å². The number of aromatic carboxylic acids is 1. The summed E-state index contributed by atoms with van der Waals surface area (Å²) in [5.41, 5.74) is 5.18. The molecule has 0 aliphatic rings. The third kappa shape index (κ3) is 4.98. The number of nitrogens with zero attached hydrogens (tertiary/aromatic N) is 1. The molecule has 5 rings (SSSR count). The number of benzene rings is 4. The minimum Gasteiger partial charge on any atom is -0.478 e. The quantitative estimate of drug-likeness (QED) is 0.245. The first kappa shape index (κ1) is 23.7. The molecule has 1 aromatic heterocycles. The van der Waals surface area contributed by atoms with E-state index in [2.05, 4.69) is 9.88 Å². The van der Waals surface area contributed by atoms with Gasteiger partial charge >= 0.3 is 5.97 Å². The smallest absolute Gasteiger partial charge is 0.335 e. The topological polar surface area (TPSA) is 71.3 Å². The zero-order chi connectivity index (χ0) is 25.2. The molecule has 5 nitrogen and oxygen atoms in total. The summed E-state index contributed by atoms with van der Waals surface area (Å²) in [4.78, 5) is 24.1. The zero-order valence-corrected chi connectivity index (χ0v) is 20.4. The van der Waals surface area contributed by atoms with Gasteiger partial charge in [-0.15, -0.1) is 0 Å². The van der Waals surface area contributed by atoms with Crippen LogP contribution in [0.4, 0.5) is 5.69 Å². The Balaban J connectivity index is 1.56. The third-order valence-corrected chi connectivity index (χ3v) is 6.43. The first-order valence-corrected chi connectivity index (χ1v) is 11.9. The Kier molecular flexibility index (Phi) is 6.51. The Labute approximate surface area is 217 Å². The lowest BCUT2D eigenvalue weighted by Gasteiger charge is -2.08. The van der Waals surface area contributed by atoms with Crippen molar-refractivity contribution in [3.63, 3.8) is 0 Å². The minimum absolute atomic E-state index is 0.233. The van der Waals surface area contributed by atoms with Crippen molar-refractivity contribution < 1.29 is 14.7 Å². The van der Waals surface area contributed by atoms with Crippen LogP contribution in [0.5, 0.6) is 0 Å². The summed E-state index contributed by atoms with van der Waals surface area (Å²) in [5, 5.41) is 14.3. The minimum atomic E-state index is -0.964. The highest BCUT2D eigenvalue weighted by Gasteiger charge is 2.15. The number of nitrogens with one attached hydrogen (secondary N) is 1. The predicted molar refractivity (Wildman–Crippen MR) is 144 cm³/mol. The van der Waals surface area contributed by atoms with Crippen molar-refractivity contribution in [2.24, 2.45) is 0 Å². The number of carbonyl (C=O) groups is 2. The Morgan fingerprint density at radius 2 is 1.47 bits per heavy atom. The number of anilines is 1. The van der Waals surface area contributed by atoms with Crippen LogP contribution in [0.3, 0.4) is 0 Å². The van der Waals surface area contributed by atoms with E-state index in [-0.39, 0.29) is 11.5 Å². The van der Waals surface area contributed by atoms with E-state index < -0.39 is 5.97 Å². The second-order valence-electron chi connectivity index (χ2n) is 8.38. The van der Waals surface area contributed by atoms with Gasteiger partial charge < -0.3 is 15.0 Å². The van der Waals surface area contributed by atoms with E-state index in [0.29, 0.717) is 27.8 Å². The maximum absolute atomic E-state index is 12.9. The molecule has 0 aliphatic heterocycles. The zero-order valence-electron chi connectivity index (χ0n) is 18.9. The fourth-order valence-corrected chi connectivity index (χ4v) is 4.47. The number of carboxylic acid groups (broad SMARTS) is 1. The molecule has 1 amide bonds. The van der Waals surface area contributed by atoms with E-state index in [4.69, 9.17) is 23.2 Å². The molecule has 0 unspecified atom stereocenters. The highest BCUT2D eigenvalue weighted by Crippen LogP contribution is 2.32. The summed E-state index contributed by atoms with van der Waals surface area (Å²) in [5.74, 6) is -1.20. The molecule has 0 atom stereocenters. The molecule has 36 heavy (non-hydrogen) atoms. The van der Waals surface area contributed by atoms with E-state index in [1.807, 2.05) is 48.7 Å². The number of carbonyl (C=O) groups excluding carboxylic acids is 1. The SMILES string of the molecule is O=C(O)c1ccc(-c2ccc3c(NC(=O)c4ccc(Cl)cc4)cn(Cc4cccc(Cl)c4)c3c2)cc1. The molecule has 0 saturated carbocycles. The Hall–Kier alpha value is -4.06. The summed E-state index contributed by atoms with van der Waals surface area (Å²) in [6, 6.07) is 27.1. The van der Waals surface area contributed by atoms with Gasteiger partial charge in [0.15, 0.2) is 0 Å². The third-order valence-electron chi connectivity index (χ3n) is 5.94. The van der Waals surface area contributed by atoms with Crippen molar-refractivity contribution in [2.75, 3.05) is 5.32 Å². The molecule has 0 bridgehead atoms. The van der Waals surface area contributed by atoms with Gasteiger partial charge in [-0.25, -0.2) is 4.79 Å². The maximum atomic E-state index is 12.9. The van der Waals surface area contributed by atoms with Crippen LogP contribution in [-0.2, 0) is 6.54 Å². The summed E-state index contributed by atoms with van der Waals surface area (Å²) < 4.78 is 2.06. The largest absolute Gasteiger partial charge is 0.478 e. The first-order chi connectivity index (χ1) is 17.4. The van der Waals surface area contributed by atoms with Crippen molar-refractivity contribution in [1.29, 1.82) is 0 Å². The highest BCUT2D eigenvalue weighted by molar-refractivity contribution is 6.31. The normalized spacial score (nSPS) is 10.9. The Morgan fingerprint density at radius 1 is 0.778 bits per heavy atom. The van der Waals surface area contributed by atoms with Crippen LogP contribution in [0.25, 0.3) is 22.0 Å². The van der Waals surface area contributed by atoms with Crippen LogP contribution in [0.2, 0.25) is 10.0 Å². The van der Waals surface area contributed by atoms with Crippen molar-refractivity contribution in [3.8, 4) is 11.1 Å². The van der Waals surface area contributed by atoms with Crippen LogP contribution < -0.4 is 5.32 Å². The maximum Gasteiger partial charge on any atom is 0.335 e. The lowest BCUT2D eigenvalue weighted by atomic mass is 10.0. The van der Waals surface area contributed by atoms with Gasteiger partial charge in [0, 0.05) is 33.7 Å². The molecular weight excluding hydrogens is 495 g/mol. The van der Waals surface area contributed by atoms with Gasteiger partial charge in [-0.05, 0) is 71.3 Å². The number of halogens is 2. The van der Waals surface area contributed by atoms with E-state index in [1.54, 1.807) is 48.5 Å². The van der Waals surface area contributed by atoms with Gasteiger partial charge in [0.1, 0.15) is 0 Å². The van der Waals surface area contributed by atoms with E-state index >= 15 is 0 Å². The number of hydrogen-bond acceptors (Lipinski definition) is 2. The van der Waals surface area contributed by atoms with E-state index in [0.717, 1.165) is 27.6 Å². The van der Waals surface area contributed by atoms with Gasteiger partial charge in [-0.3, -0.25) is 4.79 Å². The molecule has 0 radical (unpaired) electrons. The number of fused-ring (bicyclic) bond motifs is 1. The monoisotopic (exact) mass is 514 g/mol. The van der Waals surface area contributed by atoms with Crippen molar-refractivity contribution in [1.82, 2.24) is 4.57 Å². The Bertz CT molecular complexity index is 1590. The lowest BCUT2D eigenvalue weighted by molar-refractivity contribution is 0.0696. The van der Waals surface area contributed by atoms with Crippen LogP contribution >= 0.6 is 23.2 Å². The fraction of sp³-hybridized carbons (Fsp3) is 0.0345. The molecule has 4 aromatic carbocycles. The summed E-state index contributed by atoms with van der Waals surface area (Å²) >= 11 is 12.2. The number of carboxylic acids is 1. The molecule has 2 N–H and O–H groups in total. The van der Waals surface area contributed by atoms with E-state index in [1.165, 1.54) is 0 Å². The first-order valence-electron chi connectivity index (χ1n) is 11.2. The van der Waals surface area contributed by atoms with Crippen LogP contribution in [0.15, 0.2) is 97.2 Å². The number of aromatic nitrogens is 1. The standard InChI is InChI=1S/C29H20Cl2N2O3/c30-23-11-8-20(9-12-23)28(34)32-26-17-33(16-18-2-1-3-24(31)14-18)27-15-22(10-13-25(26)27)19-4-6-21(7-5-19)29(35)36/h1-15,17H,16H2,(H,32,34)(H,35,36). The van der Waals surface area contributed by atoms with Gasteiger partial charge in [0.05, 0.1) is 16.8 Å². The summed E-state index contributed by atoms with van der Waals surface area (Å²) in [7, 11) is 0. The van der Waals surface area contributed by atoms with Crippen LogP contribution in [-0.4, -0.2) is 21.6 Å². The van der Waals surface area contributed by atoms with Crippen molar-refractivity contribution in [3.05, 3.63) is 124 Å². The average molecular weight is 515 g/mol. The van der Waals surface area contributed by atoms with E-state index in [9.17, 15) is 14.7 Å². The summed E-state index contributed by atoms with van der Waals surface area (Å²) in [6.07, 6.45) is 1.91. The van der Waals surface area contributed by atoms with Gasteiger partial charge in [0.25, 0.3) is 5.91 Å². The molecule has 0 spiro atoms. The fourth-order valence-electron chi connectivity index (χ4n) is 4.13. The second-order valence-corrected chi connectivity index (χ2v) is 9.25. The van der Waals surface area contributed by atoms with Gasteiger partial charge in [-0.1, -0.05) is 59.6 Å². The predicted octanol–water partition coefficient (Wildman–Crippen LogP) is 7.61. The molecule has 0 aliphatic carbocycles. The van der Waals surface area contributed by atoms with Crippen LogP contribution in [0.1, 0.15) is 26.3 Å². The molecule has 1 heterocycles. The molecule has 178 valence electrons. The molecule has 5 aromatic rings. The second kappa shape index (κ2) is 9.90. The molecular formula is C29H20Cl2N2O3. The highest BCUT2D eigenvalue weighted by atomic mass is 35.5. The van der Waals surface area contributed by atoms with Crippen molar-refractivity contribution in [2.45, 2.75) is 6.54 Å². The van der Waals surface area contributed by atoms with Gasteiger partial charge in [-0.2, -0.15) is 0 Å². The van der Waals surface area contributed by atoms with Crippen LogP contribution in [0, 0.1) is 0 Å². The number of rotatable bonds is 6. The Morgan fingerprint density at radius 3 is 2.17 bits per heavy atom. The van der Waals surface area contributed by atoms with Gasteiger partial charge in [0.2, 0.25) is 0 Å². The molecule has 7 heteroatoms. The number of hydrogen-bond donors (Lipinski definition) is 2. The molecule has 0 saturated heterocycles. The lowest BCUT2D eigenvalue weighted by Crippen LogP contribution is -2.11. The number of amides is 1. The average Bonchev–Trinajstić information content (AvgIpc) is 3.20. The summed E-state index contributed by atoms with van der Waals surface area (Å²) in [6.45, 7) is 0.551.